The molecule has 1 fully saturated rings. The minimum absolute atomic E-state index is 0.378. The summed E-state index contributed by atoms with van der Waals surface area (Å²) < 4.78 is 17.1. The Morgan fingerprint density at radius 2 is 1.47 bits per heavy atom. The lowest BCUT2D eigenvalue weighted by atomic mass is 9.90. The number of rotatable bonds is 11. The molecule has 0 aliphatic heterocycles. The molecule has 0 heterocycles. The van der Waals surface area contributed by atoms with E-state index in [1.807, 2.05) is 24.3 Å². The third-order valence-electron chi connectivity index (χ3n) is 5.43. The number of hydrogen-bond acceptors (Lipinski definition) is 4. The fourth-order valence-electron chi connectivity index (χ4n) is 3.55. The molecule has 161 valence electrons. The zero-order valence-corrected chi connectivity index (χ0v) is 18.0. The van der Waals surface area contributed by atoms with Crippen LogP contribution in [-0.4, -0.2) is 19.2 Å². The second-order valence-electron chi connectivity index (χ2n) is 7.91. The Morgan fingerprint density at radius 3 is 2.17 bits per heavy atom. The highest BCUT2D eigenvalue weighted by atomic mass is 16.5. The smallest absolute Gasteiger partial charge is 0.343 e. The molecule has 1 aliphatic carbocycles. The summed E-state index contributed by atoms with van der Waals surface area (Å²) in [5, 5.41) is 0. The normalized spacial score (nSPS) is 14.3. The van der Waals surface area contributed by atoms with Gasteiger partial charge in [0.1, 0.15) is 17.2 Å². The largest absolute Gasteiger partial charge is 0.494 e. The maximum atomic E-state index is 12.4. The van der Waals surface area contributed by atoms with E-state index in [9.17, 15) is 4.79 Å². The second kappa shape index (κ2) is 12.3. The Bertz CT molecular complexity index is 746. The van der Waals surface area contributed by atoms with Gasteiger partial charge in [-0.1, -0.05) is 26.2 Å². The molecule has 1 radical (unpaired) electrons. The molecule has 0 spiro atoms. The third-order valence-corrected chi connectivity index (χ3v) is 5.43. The molecule has 4 heteroatoms. The van der Waals surface area contributed by atoms with Gasteiger partial charge in [-0.2, -0.15) is 0 Å². The van der Waals surface area contributed by atoms with Crippen LogP contribution in [0.2, 0.25) is 0 Å². The summed E-state index contributed by atoms with van der Waals surface area (Å²) in [5.74, 6) is 2.36. The Morgan fingerprint density at radius 1 is 0.833 bits per heavy atom. The van der Waals surface area contributed by atoms with Crippen molar-refractivity contribution in [3.8, 4) is 17.2 Å². The van der Waals surface area contributed by atoms with E-state index in [-0.39, 0.29) is 5.97 Å². The van der Waals surface area contributed by atoms with Gasteiger partial charge in [-0.05, 0) is 93.0 Å². The highest BCUT2D eigenvalue weighted by molar-refractivity contribution is 5.91. The molecule has 4 nitrogen and oxygen atoms in total. The van der Waals surface area contributed by atoms with Crippen LogP contribution in [0.25, 0.3) is 0 Å². The first kappa shape index (κ1) is 22.2. The van der Waals surface area contributed by atoms with Crippen molar-refractivity contribution in [2.45, 2.75) is 58.3 Å². The van der Waals surface area contributed by atoms with Gasteiger partial charge < -0.3 is 14.2 Å². The van der Waals surface area contributed by atoms with Crippen LogP contribution in [0.1, 0.15) is 68.6 Å². The summed E-state index contributed by atoms with van der Waals surface area (Å²) in [4.78, 5) is 12.4. The first-order valence-corrected chi connectivity index (χ1v) is 11.2. The van der Waals surface area contributed by atoms with E-state index in [2.05, 4.69) is 13.3 Å². The lowest BCUT2D eigenvalue weighted by Crippen LogP contribution is -2.15. The lowest BCUT2D eigenvalue weighted by molar-refractivity contribution is 0.0734. The molecule has 0 atom stereocenters. The number of carbonyl (C=O) groups excluding carboxylic acids is 1. The number of ether oxygens (including phenoxy) is 3. The van der Waals surface area contributed by atoms with E-state index in [1.54, 1.807) is 24.3 Å². The summed E-state index contributed by atoms with van der Waals surface area (Å²) >= 11 is 0. The first-order chi connectivity index (χ1) is 14.7. The minimum Gasteiger partial charge on any atom is -0.494 e. The fraction of sp³-hybridized carbons (Fsp3) is 0.462. The molecule has 0 amide bonds. The van der Waals surface area contributed by atoms with Crippen molar-refractivity contribution in [3.63, 3.8) is 0 Å². The van der Waals surface area contributed by atoms with Crippen LogP contribution in [0.5, 0.6) is 17.2 Å². The van der Waals surface area contributed by atoms with Gasteiger partial charge >= 0.3 is 5.97 Å². The van der Waals surface area contributed by atoms with E-state index >= 15 is 0 Å². The number of hydrogen-bond donors (Lipinski definition) is 0. The molecule has 0 unspecified atom stereocenters. The van der Waals surface area contributed by atoms with Crippen molar-refractivity contribution in [1.29, 1.82) is 0 Å². The Kier molecular flexibility index (Phi) is 9.07. The molecular formula is C26H33O4. The first-order valence-electron chi connectivity index (χ1n) is 11.2. The van der Waals surface area contributed by atoms with Gasteiger partial charge in [0.2, 0.25) is 0 Å². The van der Waals surface area contributed by atoms with E-state index < -0.39 is 0 Å². The molecule has 0 N–H and O–H groups in total. The van der Waals surface area contributed by atoms with Crippen molar-refractivity contribution >= 4 is 5.97 Å². The number of benzene rings is 2. The monoisotopic (exact) mass is 409 g/mol. The fourth-order valence-corrected chi connectivity index (χ4v) is 3.55. The van der Waals surface area contributed by atoms with Crippen molar-refractivity contribution in [2.75, 3.05) is 13.2 Å². The summed E-state index contributed by atoms with van der Waals surface area (Å²) in [6, 6.07) is 14.4. The van der Waals surface area contributed by atoms with Crippen molar-refractivity contribution < 1.29 is 19.0 Å². The van der Waals surface area contributed by atoms with Crippen molar-refractivity contribution in [2.24, 2.45) is 5.92 Å². The predicted molar refractivity (Wildman–Crippen MR) is 119 cm³/mol. The van der Waals surface area contributed by atoms with Gasteiger partial charge in [0.25, 0.3) is 0 Å². The molecule has 30 heavy (non-hydrogen) atoms. The van der Waals surface area contributed by atoms with Crippen LogP contribution < -0.4 is 14.2 Å². The quantitative estimate of drug-likeness (QED) is 0.237. The van der Waals surface area contributed by atoms with E-state index in [4.69, 9.17) is 14.2 Å². The molecule has 3 rings (SSSR count). The maximum Gasteiger partial charge on any atom is 0.343 e. The SMILES string of the molecule is CCCCCCOc1ccc(C(=O)Oc2ccc(OCC3CC[CH]CC3)cc2)cc1. The van der Waals surface area contributed by atoms with E-state index in [0.717, 1.165) is 24.5 Å². The van der Waals surface area contributed by atoms with Crippen LogP contribution in [0.15, 0.2) is 48.5 Å². The molecular weight excluding hydrogens is 376 g/mol. The topological polar surface area (TPSA) is 44.8 Å². The standard InChI is InChI=1S/C26H33O4/c1-2-3-4-8-19-28-23-13-11-22(12-14-23)26(27)30-25-17-15-24(16-18-25)29-20-21-9-6-5-7-10-21/h5,11-18,21H,2-4,6-10,19-20H2,1H3. The molecule has 1 aliphatic rings. The Labute approximate surface area is 180 Å². The van der Waals surface area contributed by atoms with Crippen LogP contribution in [-0.2, 0) is 0 Å². The Hall–Kier alpha value is -2.49. The van der Waals surface area contributed by atoms with E-state index in [1.165, 1.54) is 44.9 Å². The summed E-state index contributed by atoms with van der Waals surface area (Å²) in [5.41, 5.74) is 0.503. The van der Waals surface area contributed by atoms with Gasteiger partial charge in [0, 0.05) is 0 Å². The molecule has 0 saturated heterocycles. The van der Waals surface area contributed by atoms with Gasteiger partial charge in [0.05, 0.1) is 18.8 Å². The molecule has 2 aromatic rings. The van der Waals surface area contributed by atoms with Gasteiger partial charge in [0.15, 0.2) is 0 Å². The average molecular weight is 410 g/mol. The zero-order chi connectivity index (χ0) is 21.0. The number of esters is 1. The molecule has 1 saturated carbocycles. The van der Waals surface area contributed by atoms with Crippen LogP contribution >= 0.6 is 0 Å². The highest BCUT2D eigenvalue weighted by Gasteiger charge is 2.14. The van der Waals surface area contributed by atoms with Crippen LogP contribution in [0.4, 0.5) is 0 Å². The van der Waals surface area contributed by atoms with Gasteiger partial charge in [-0.3, -0.25) is 0 Å². The Balaban J connectivity index is 1.42. The third kappa shape index (κ3) is 7.40. The summed E-state index contributed by atoms with van der Waals surface area (Å²) in [6.07, 6.45) is 11.8. The average Bonchev–Trinajstić information content (AvgIpc) is 2.79. The van der Waals surface area contributed by atoms with Gasteiger partial charge in [-0.15, -0.1) is 0 Å². The van der Waals surface area contributed by atoms with Crippen molar-refractivity contribution in [3.05, 3.63) is 60.5 Å². The molecule has 0 aromatic heterocycles. The van der Waals surface area contributed by atoms with Crippen LogP contribution in [0, 0.1) is 12.3 Å². The maximum absolute atomic E-state index is 12.4. The zero-order valence-electron chi connectivity index (χ0n) is 18.0. The van der Waals surface area contributed by atoms with Gasteiger partial charge in [-0.25, -0.2) is 4.79 Å². The summed E-state index contributed by atoms with van der Waals surface area (Å²) in [7, 11) is 0. The molecule has 0 bridgehead atoms. The van der Waals surface area contributed by atoms with Crippen molar-refractivity contribution in [1.82, 2.24) is 0 Å². The second-order valence-corrected chi connectivity index (χ2v) is 7.91. The highest BCUT2D eigenvalue weighted by Crippen LogP contribution is 2.25. The summed E-state index contributed by atoms with van der Waals surface area (Å²) in [6.45, 7) is 3.65. The van der Waals surface area contributed by atoms with E-state index in [0.29, 0.717) is 23.8 Å². The number of carbonyl (C=O) groups is 1. The van der Waals surface area contributed by atoms with Crippen LogP contribution in [0.3, 0.4) is 0 Å². The molecule has 2 aromatic carbocycles. The minimum atomic E-state index is -0.378. The predicted octanol–water partition coefficient (Wildman–Crippen LogP) is 6.64. The lowest BCUT2D eigenvalue weighted by Gasteiger charge is -2.21. The number of unbranched alkanes of at least 4 members (excludes halogenated alkanes) is 3.